The summed E-state index contributed by atoms with van der Waals surface area (Å²) in [5.74, 6) is 0.756. The van der Waals surface area contributed by atoms with Gasteiger partial charge in [0.2, 0.25) is 0 Å². The summed E-state index contributed by atoms with van der Waals surface area (Å²) in [6, 6.07) is 5.83. The minimum absolute atomic E-state index is 0.149. The van der Waals surface area contributed by atoms with Gasteiger partial charge >= 0.3 is 0 Å². The fourth-order valence-electron chi connectivity index (χ4n) is 3.38. The predicted octanol–water partition coefficient (Wildman–Crippen LogP) is 1.89. The van der Waals surface area contributed by atoms with Crippen LogP contribution >= 0.6 is 0 Å². The van der Waals surface area contributed by atoms with E-state index in [1.165, 1.54) is 12.1 Å². The number of nitrogens with zero attached hydrogens (tertiary/aromatic N) is 3. The molecular formula is C18H19FN4O. The van der Waals surface area contributed by atoms with Gasteiger partial charge in [0, 0.05) is 49.3 Å². The van der Waals surface area contributed by atoms with E-state index in [0.29, 0.717) is 31.0 Å². The average molecular weight is 326 g/mol. The van der Waals surface area contributed by atoms with Crippen LogP contribution in [0.5, 0.6) is 0 Å². The van der Waals surface area contributed by atoms with Gasteiger partial charge < -0.3 is 10.2 Å². The van der Waals surface area contributed by atoms with E-state index in [9.17, 15) is 9.18 Å². The number of aromatic nitrogens is 2. The first-order valence-corrected chi connectivity index (χ1v) is 8.31. The molecule has 1 aromatic heterocycles. The first-order chi connectivity index (χ1) is 11.7. The zero-order valence-corrected chi connectivity index (χ0v) is 13.3. The Kier molecular flexibility index (Phi) is 3.98. The third-order valence-electron chi connectivity index (χ3n) is 4.74. The summed E-state index contributed by atoms with van der Waals surface area (Å²) in [7, 11) is 0. The summed E-state index contributed by atoms with van der Waals surface area (Å²) in [6.45, 7) is 3.03. The lowest BCUT2D eigenvalue weighted by Crippen LogP contribution is -2.36. The van der Waals surface area contributed by atoms with Crippen LogP contribution in [-0.2, 0) is 13.0 Å². The van der Waals surface area contributed by atoms with Crippen LogP contribution < -0.4 is 5.32 Å². The molecule has 1 saturated heterocycles. The van der Waals surface area contributed by atoms with Crippen LogP contribution in [0, 0.1) is 5.82 Å². The molecule has 1 N–H and O–H groups in total. The van der Waals surface area contributed by atoms with Crippen molar-refractivity contribution in [3.63, 3.8) is 0 Å². The molecule has 124 valence electrons. The van der Waals surface area contributed by atoms with Gasteiger partial charge in [-0.15, -0.1) is 0 Å². The standard InChI is InChI=1S/C18H19FN4O/c19-15-3-1-2-12(8-15)18(24)23-7-5-16-14(11-23)10-21-17(22-16)13-4-6-20-9-13/h1-3,8,10,13,20H,4-7,9,11H2. The van der Waals surface area contributed by atoms with Crippen LogP contribution in [0.25, 0.3) is 0 Å². The van der Waals surface area contributed by atoms with Gasteiger partial charge in [-0.3, -0.25) is 4.79 Å². The zero-order chi connectivity index (χ0) is 16.5. The van der Waals surface area contributed by atoms with Crippen molar-refractivity contribution in [2.75, 3.05) is 19.6 Å². The van der Waals surface area contributed by atoms with Crippen molar-refractivity contribution in [1.82, 2.24) is 20.2 Å². The Morgan fingerprint density at radius 3 is 3.08 bits per heavy atom. The average Bonchev–Trinajstić information content (AvgIpc) is 3.15. The molecule has 1 atom stereocenters. The Bertz CT molecular complexity index is 773. The molecule has 1 unspecified atom stereocenters. The van der Waals surface area contributed by atoms with E-state index < -0.39 is 5.82 Å². The van der Waals surface area contributed by atoms with Crippen molar-refractivity contribution in [3.05, 3.63) is 58.9 Å². The quantitative estimate of drug-likeness (QED) is 0.916. The van der Waals surface area contributed by atoms with E-state index in [-0.39, 0.29) is 5.91 Å². The molecule has 2 aliphatic heterocycles. The van der Waals surface area contributed by atoms with E-state index in [1.807, 2.05) is 6.20 Å². The summed E-state index contributed by atoms with van der Waals surface area (Å²) in [6.07, 6.45) is 3.63. The number of hydrogen-bond acceptors (Lipinski definition) is 4. The third kappa shape index (κ3) is 2.89. The summed E-state index contributed by atoms with van der Waals surface area (Å²) >= 11 is 0. The monoisotopic (exact) mass is 326 g/mol. The van der Waals surface area contributed by atoms with E-state index in [4.69, 9.17) is 4.98 Å². The van der Waals surface area contributed by atoms with Crippen LogP contribution in [0.2, 0.25) is 0 Å². The van der Waals surface area contributed by atoms with Crippen LogP contribution in [0.15, 0.2) is 30.5 Å². The molecule has 2 aromatic rings. The number of carbonyl (C=O) groups excluding carboxylic acids is 1. The minimum atomic E-state index is -0.392. The number of hydrogen-bond donors (Lipinski definition) is 1. The highest BCUT2D eigenvalue weighted by Gasteiger charge is 2.25. The Morgan fingerprint density at radius 2 is 2.29 bits per heavy atom. The van der Waals surface area contributed by atoms with E-state index in [0.717, 1.165) is 36.6 Å². The van der Waals surface area contributed by atoms with Gasteiger partial charge in [-0.25, -0.2) is 14.4 Å². The molecule has 2 aliphatic rings. The molecule has 1 aromatic carbocycles. The van der Waals surface area contributed by atoms with E-state index >= 15 is 0 Å². The van der Waals surface area contributed by atoms with Crippen molar-refractivity contribution >= 4 is 5.91 Å². The first kappa shape index (κ1) is 15.2. The summed E-state index contributed by atoms with van der Waals surface area (Å²) in [4.78, 5) is 23.5. The largest absolute Gasteiger partial charge is 0.334 e. The molecule has 0 bridgehead atoms. The molecule has 24 heavy (non-hydrogen) atoms. The molecule has 0 spiro atoms. The highest BCUT2D eigenvalue weighted by Crippen LogP contribution is 2.23. The lowest BCUT2D eigenvalue weighted by Gasteiger charge is -2.28. The Hall–Kier alpha value is -2.34. The van der Waals surface area contributed by atoms with Crippen molar-refractivity contribution in [3.8, 4) is 0 Å². The maximum absolute atomic E-state index is 13.3. The number of nitrogens with one attached hydrogen (secondary N) is 1. The first-order valence-electron chi connectivity index (χ1n) is 8.31. The normalized spacial score (nSPS) is 20.0. The fraction of sp³-hybridized carbons (Fsp3) is 0.389. The number of rotatable bonds is 2. The number of amides is 1. The van der Waals surface area contributed by atoms with Gasteiger partial charge in [-0.1, -0.05) is 6.07 Å². The van der Waals surface area contributed by atoms with Crippen LogP contribution in [0.4, 0.5) is 4.39 Å². The Labute approximate surface area is 139 Å². The van der Waals surface area contributed by atoms with Crippen molar-refractivity contribution < 1.29 is 9.18 Å². The molecule has 5 nitrogen and oxygen atoms in total. The molecule has 0 radical (unpaired) electrons. The van der Waals surface area contributed by atoms with Gasteiger partial charge in [0.15, 0.2) is 0 Å². The molecule has 3 heterocycles. The van der Waals surface area contributed by atoms with Crippen LogP contribution in [0.3, 0.4) is 0 Å². The minimum Gasteiger partial charge on any atom is -0.334 e. The third-order valence-corrected chi connectivity index (χ3v) is 4.74. The van der Waals surface area contributed by atoms with Crippen molar-refractivity contribution in [2.45, 2.75) is 25.3 Å². The number of halogens is 1. The molecular weight excluding hydrogens is 307 g/mol. The smallest absolute Gasteiger partial charge is 0.254 e. The van der Waals surface area contributed by atoms with Gasteiger partial charge in [0.1, 0.15) is 11.6 Å². The van der Waals surface area contributed by atoms with Crippen molar-refractivity contribution in [2.24, 2.45) is 0 Å². The van der Waals surface area contributed by atoms with Crippen LogP contribution in [-0.4, -0.2) is 40.4 Å². The molecule has 4 rings (SSSR count). The SMILES string of the molecule is O=C(c1cccc(F)c1)N1CCc2nc(C3CCNC3)ncc2C1. The van der Waals surface area contributed by atoms with Crippen LogP contribution in [0.1, 0.15) is 39.8 Å². The highest BCUT2D eigenvalue weighted by atomic mass is 19.1. The topological polar surface area (TPSA) is 58.1 Å². The molecule has 0 saturated carbocycles. The lowest BCUT2D eigenvalue weighted by molar-refractivity contribution is 0.0732. The fourth-order valence-corrected chi connectivity index (χ4v) is 3.38. The maximum atomic E-state index is 13.3. The summed E-state index contributed by atoms with van der Waals surface area (Å²) < 4.78 is 13.3. The predicted molar refractivity (Wildman–Crippen MR) is 87.1 cm³/mol. The zero-order valence-electron chi connectivity index (χ0n) is 13.3. The van der Waals surface area contributed by atoms with E-state index in [1.54, 1.807) is 17.0 Å². The Morgan fingerprint density at radius 1 is 1.38 bits per heavy atom. The molecule has 1 fully saturated rings. The second-order valence-electron chi connectivity index (χ2n) is 6.38. The maximum Gasteiger partial charge on any atom is 0.254 e. The van der Waals surface area contributed by atoms with Crippen molar-refractivity contribution in [1.29, 1.82) is 0 Å². The van der Waals surface area contributed by atoms with Gasteiger partial charge in [-0.2, -0.15) is 0 Å². The molecule has 6 heteroatoms. The van der Waals surface area contributed by atoms with Gasteiger partial charge in [-0.05, 0) is 31.2 Å². The van der Waals surface area contributed by atoms with E-state index in [2.05, 4.69) is 10.3 Å². The van der Waals surface area contributed by atoms with Gasteiger partial charge in [0.25, 0.3) is 5.91 Å². The summed E-state index contributed by atoms with van der Waals surface area (Å²) in [5.41, 5.74) is 2.41. The highest BCUT2D eigenvalue weighted by molar-refractivity contribution is 5.94. The van der Waals surface area contributed by atoms with Gasteiger partial charge in [0.05, 0.1) is 5.69 Å². The Balaban J connectivity index is 1.52. The second kappa shape index (κ2) is 6.28. The lowest BCUT2D eigenvalue weighted by atomic mass is 10.0. The second-order valence-corrected chi connectivity index (χ2v) is 6.38. The molecule has 1 amide bonds. The molecule has 0 aliphatic carbocycles. The number of carbonyl (C=O) groups is 1. The number of fused-ring (bicyclic) bond motifs is 1. The number of benzene rings is 1. The summed E-state index contributed by atoms with van der Waals surface area (Å²) in [5, 5.41) is 3.33.